The highest BCUT2D eigenvalue weighted by atomic mass is 16.3. The molecule has 0 bridgehead atoms. The molecule has 0 unspecified atom stereocenters. The molecule has 89 heavy (non-hydrogen) atoms. The minimum Gasteiger partial charge on any atom is -0.456 e. The Hall–Kier alpha value is -9.64. The number of hydrogen-bond acceptors (Lipinski definition) is 4. The van der Waals surface area contributed by atoms with E-state index >= 15 is 0 Å². The first-order chi connectivity index (χ1) is 42.7. The van der Waals surface area contributed by atoms with E-state index in [1.165, 1.54) is 66.8 Å². The standard InChI is InChI=1S/C85H74N2O2/c1-81(2,3)51-29-37-55(38-30-51)86(56-39-31-52(32-40-56)82(4,5)6)70-49-68-75(64-47-48-74-79(77(64)70)63-24-16-20-28-73(63)88-74)76-65-46-45-62-61-23-15-19-27-72(61)89-80(62)78(65)71(50-69(76)85(68)66-25-17-13-21-59(66)60-22-14-18-26-67(60)85)87(57-41-33-53(34-42-57)83(7,8)9)58-43-35-54(36-44-58)84(10,11)12/h13-50H,1-12H3. The van der Waals surface area contributed by atoms with Gasteiger partial charge in [-0.2, -0.15) is 0 Å². The zero-order chi connectivity index (χ0) is 61.3. The predicted octanol–water partition coefficient (Wildman–Crippen LogP) is 24.3. The first-order valence-electron chi connectivity index (χ1n) is 31.7. The molecule has 2 heterocycles. The van der Waals surface area contributed by atoms with Crippen LogP contribution >= 0.6 is 0 Å². The largest absolute Gasteiger partial charge is 0.456 e. The van der Waals surface area contributed by atoms with Crippen LogP contribution < -0.4 is 9.80 Å². The second kappa shape index (κ2) is 19.2. The molecule has 4 heteroatoms. The normalized spacial score (nSPS) is 13.7. The van der Waals surface area contributed by atoms with Crippen molar-refractivity contribution in [1.29, 1.82) is 0 Å². The van der Waals surface area contributed by atoms with Crippen LogP contribution in [-0.4, -0.2) is 0 Å². The number of anilines is 6. The summed E-state index contributed by atoms with van der Waals surface area (Å²) in [5.74, 6) is 0. The Morgan fingerprint density at radius 3 is 1.09 bits per heavy atom. The van der Waals surface area contributed by atoms with Gasteiger partial charge in [0.05, 0.1) is 16.8 Å². The lowest BCUT2D eigenvalue weighted by Gasteiger charge is -2.34. The van der Waals surface area contributed by atoms with Gasteiger partial charge >= 0.3 is 0 Å². The van der Waals surface area contributed by atoms with Gasteiger partial charge in [0.25, 0.3) is 0 Å². The van der Waals surface area contributed by atoms with E-state index in [-0.39, 0.29) is 21.7 Å². The van der Waals surface area contributed by atoms with Crippen LogP contribution in [-0.2, 0) is 27.1 Å². The Balaban J connectivity index is 1.12. The Morgan fingerprint density at radius 1 is 0.281 bits per heavy atom. The second-order valence-electron chi connectivity index (χ2n) is 29.3. The number of para-hydroxylation sites is 2. The fraction of sp³-hybridized carbons (Fsp3) is 0.200. The molecule has 1 spiro atoms. The molecule has 0 aliphatic heterocycles. The molecule has 0 radical (unpaired) electrons. The van der Waals surface area contributed by atoms with Gasteiger partial charge < -0.3 is 18.6 Å². The van der Waals surface area contributed by atoms with Crippen LogP contribution in [0.4, 0.5) is 34.1 Å². The third kappa shape index (κ3) is 8.18. The number of hydrogen-bond donors (Lipinski definition) is 0. The van der Waals surface area contributed by atoms with Crippen LogP contribution in [0.25, 0.3) is 87.7 Å². The molecular formula is C85H74N2O2. The van der Waals surface area contributed by atoms with Crippen molar-refractivity contribution in [3.05, 3.63) is 275 Å². The van der Waals surface area contributed by atoms with Crippen LogP contribution in [0.2, 0.25) is 0 Å². The third-order valence-corrected chi connectivity index (χ3v) is 19.7. The topological polar surface area (TPSA) is 32.8 Å². The second-order valence-corrected chi connectivity index (χ2v) is 29.3. The van der Waals surface area contributed by atoms with Crippen molar-refractivity contribution in [1.82, 2.24) is 0 Å². The van der Waals surface area contributed by atoms with E-state index in [2.05, 4.69) is 323 Å². The smallest absolute Gasteiger partial charge is 0.145 e. The van der Waals surface area contributed by atoms with E-state index in [1.54, 1.807) is 0 Å². The van der Waals surface area contributed by atoms with E-state index in [4.69, 9.17) is 8.83 Å². The summed E-state index contributed by atoms with van der Waals surface area (Å²) < 4.78 is 14.4. The number of benzene rings is 12. The van der Waals surface area contributed by atoms with Crippen molar-refractivity contribution >= 4 is 99.5 Å². The predicted molar refractivity (Wildman–Crippen MR) is 376 cm³/mol. The van der Waals surface area contributed by atoms with Crippen molar-refractivity contribution < 1.29 is 8.83 Å². The summed E-state index contributed by atoms with van der Waals surface area (Å²) in [5, 5.41) is 8.84. The Labute approximate surface area is 522 Å². The first kappa shape index (κ1) is 54.7. The highest BCUT2D eigenvalue weighted by Gasteiger charge is 2.54. The highest BCUT2D eigenvalue weighted by molar-refractivity contribution is 6.30. The fourth-order valence-electron chi connectivity index (χ4n) is 15.1. The van der Waals surface area contributed by atoms with Crippen molar-refractivity contribution in [2.75, 3.05) is 9.80 Å². The molecule has 0 saturated carbocycles. The molecular weight excluding hydrogens is 1080 g/mol. The van der Waals surface area contributed by atoms with Gasteiger partial charge in [-0.05, 0) is 190 Å². The zero-order valence-electron chi connectivity index (χ0n) is 53.2. The van der Waals surface area contributed by atoms with E-state index in [9.17, 15) is 0 Å². The molecule has 2 aliphatic carbocycles. The highest BCUT2D eigenvalue weighted by Crippen LogP contribution is 2.68. The summed E-state index contributed by atoms with van der Waals surface area (Å²) in [6, 6.07) is 87.5. The molecule has 16 rings (SSSR count). The number of nitrogens with zero attached hydrogens (tertiary/aromatic N) is 2. The van der Waals surface area contributed by atoms with Crippen LogP contribution in [0, 0.1) is 0 Å². The van der Waals surface area contributed by atoms with Crippen molar-refractivity contribution in [3.8, 4) is 22.3 Å². The van der Waals surface area contributed by atoms with Crippen LogP contribution in [0.5, 0.6) is 0 Å². The maximum absolute atomic E-state index is 7.38. The molecule has 2 aromatic heterocycles. The molecule has 0 amide bonds. The summed E-state index contributed by atoms with van der Waals surface area (Å²) in [7, 11) is 0. The van der Waals surface area contributed by atoms with Gasteiger partial charge in [0.1, 0.15) is 22.3 Å². The quantitative estimate of drug-likeness (QED) is 0.166. The minimum absolute atomic E-state index is 0.0435. The molecule has 2 aliphatic rings. The number of rotatable bonds is 6. The summed E-state index contributed by atoms with van der Waals surface area (Å²) >= 11 is 0. The van der Waals surface area contributed by atoms with Crippen molar-refractivity contribution in [2.24, 2.45) is 0 Å². The van der Waals surface area contributed by atoms with E-state index in [1.807, 2.05) is 0 Å². The van der Waals surface area contributed by atoms with Gasteiger partial charge in [-0.15, -0.1) is 0 Å². The Kier molecular flexibility index (Phi) is 11.8. The summed E-state index contributed by atoms with van der Waals surface area (Å²) in [6.45, 7) is 27.6. The SMILES string of the molecule is CC(C)(C)c1ccc(N(c2ccc(C(C)(C)C)cc2)c2cc3c(c4ccc5c6ccccc6oc5c24)-c2c(cc(N(c4ccc(C(C)(C)C)cc4)c4ccc(C(C)(C)C)cc4)c4c2ccc2oc5ccccc5c24)C32c3ccccc3-c3ccccc32)cc1. The maximum Gasteiger partial charge on any atom is 0.145 e. The minimum atomic E-state index is -0.810. The van der Waals surface area contributed by atoms with Crippen LogP contribution in [0.1, 0.15) is 128 Å². The lowest BCUT2D eigenvalue weighted by Crippen LogP contribution is -2.27. The molecule has 0 saturated heterocycles. The van der Waals surface area contributed by atoms with E-state index in [0.29, 0.717) is 0 Å². The first-order valence-corrected chi connectivity index (χ1v) is 31.7. The monoisotopic (exact) mass is 1150 g/mol. The van der Waals surface area contributed by atoms with Gasteiger partial charge in [0.2, 0.25) is 0 Å². The summed E-state index contributed by atoms with van der Waals surface area (Å²) in [6.07, 6.45) is 0. The maximum atomic E-state index is 7.38. The Morgan fingerprint density at radius 2 is 0.640 bits per heavy atom. The third-order valence-electron chi connectivity index (χ3n) is 19.7. The van der Waals surface area contributed by atoms with Gasteiger partial charge in [0.15, 0.2) is 0 Å². The van der Waals surface area contributed by atoms with E-state index < -0.39 is 5.41 Å². The Bertz CT molecular complexity index is 5040. The van der Waals surface area contributed by atoms with E-state index in [0.717, 1.165) is 99.5 Å². The van der Waals surface area contributed by atoms with Crippen LogP contribution in [0.3, 0.4) is 0 Å². The van der Waals surface area contributed by atoms with Gasteiger partial charge in [-0.1, -0.05) is 223 Å². The summed E-state index contributed by atoms with van der Waals surface area (Å²) in [5.41, 5.74) is 23.9. The average Bonchev–Trinajstić information content (AvgIpc) is 1.50. The van der Waals surface area contributed by atoms with Gasteiger partial charge in [0, 0.05) is 55.1 Å². The molecule has 14 aromatic rings. The van der Waals surface area contributed by atoms with Gasteiger partial charge in [-0.3, -0.25) is 0 Å². The lowest BCUT2D eigenvalue weighted by molar-refractivity contribution is 0.590. The molecule has 0 N–H and O–H groups in total. The average molecular weight is 1160 g/mol. The van der Waals surface area contributed by atoms with Crippen molar-refractivity contribution in [2.45, 2.75) is 110 Å². The van der Waals surface area contributed by atoms with Gasteiger partial charge in [-0.25, -0.2) is 0 Å². The van der Waals surface area contributed by atoms with Crippen LogP contribution in [0.15, 0.2) is 239 Å². The number of fused-ring (bicyclic) bond motifs is 22. The lowest BCUT2D eigenvalue weighted by atomic mass is 9.70. The van der Waals surface area contributed by atoms with Crippen molar-refractivity contribution in [3.63, 3.8) is 0 Å². The molecule has 12 aromatic carbocycles. The molecule has 0 fully saturated rings. The summed E-state index contributed by atoms with van der Waals surface area (Å²) in [4.78, 5) is 5.06. The fourth-order valence-corrected chi connectivity index (χ4v) is 15.1. The zero-order valence-corrected chi connectivity index (χ0v) is 53.2. The molecule has 4 nitrogen and oxygen atoms in total. The molecule has 0 atom stereocenters. The molecule has 436 valence electrons. The number of furan rings is 2.